The van der Waals surface area contributed by atoms with E-state index in [2.05, 4.69) is 26.2 Å². The number of rotatable bonds is 3. The van der Waals surface area contributed by atoms with Crippen LogP contribution in [0.3, 0.4) is 0 Å². The van der Waals surface area contributed by atoms with Gasteiger partial charge < -0.3 is 5.32 Å². The van der Waals surface area contributed by atoms with Crippen molar-refractivity contribution in [3.05, 3.63) is 57.7 Å². The molecule has 0 fully saturated rings. The van der Waals surface area contributed by atoms with Crippen LogP contribution in [0, 0.1) is 6.92 Å². The smallest absolute Gasteiger partial charge is 0.365 e. The van der Waals surface area contributed by atoms with E-state index in [4.69, 9.17) is 0 Å². The molecule has 0 unspecified atom stereocenters. The highest BCUT2D eigenvalue weighted by Gasteiger charge is 2.29. The third kappa shape index (κ3) is 3.72. The normalized spacial score (nSPS) is 11.4. The molecule has 0 aliphatic heterocycles. The Kier molecular flexibility index (Phi) is 4.32. The monoisotopic (exact) mass is 344 g/mol. The van der Waals surface area contributed by atoms with Crippen LogP contribution < -0.4 is 5.32 Å². The van der Waals surface area contributed by atoms with Crippen LogP contribution in [0.15, 0.2) is 41.0 Å². The summed E-state index contributed by atoms with van der Waals surface area (Å²) in [5, 5.41) is 3.08. The van der Waals surface area contributed by atoms with Crippen molar-refractivity contribution >= 4 is 21.7 Å². The molecule has 0 atom stereocenters. The van der Waals surface area contributed by atoms with Crippen molar-refractivity contribution < 1.29 is 13.2 Å². The highest BCUT2D eigenvalue weighted by atomic mass is 79.9. The third-order valence-corrected chi connectivity index (χ3v) is 3.32. The molecule has 106 valence electrons. The summed E-state index contributed by atoms with van der Waals surface area (Å²) in [6.07, 6.45) is -2.58. The molecule has 0 bridgehead atoms. The number of pyridine rings is 1. The van der Waals surface area contributed by atoms with E-state index in [-0.39, 0.29) is 0 Å². The van der Waals surface area contributed by atoms with Crippen molar-refractivity contribution in [2.24, 2.45) is 0 Å². The molecule has 6 heteroatoms. The lowest BCUT2D eigenvalue weighted by molar-refractivity contribution is -0.137. The molecule has 1 aromatic carbocycles. The molecule has 2 rings (SSSR count). The first-order valence-corrected chi connectivity index (χ1v) is 6.68. The molecule has 0 aliphatic carbocycles. The summed E-state index contributed by atoms with van der Waals surface area (Å²) < 4.78 is 38.1. The number of anilines is 1. The lowest BCUT2D eigenvalue weighted by atomic mass is 10.1. The number of alkyl halides is 3. The van der Waals surface area contributed by atoms with Crippen molar-refractivity contribution in [1.82, 2.24) is 4.98 Å². The summed E-state index contributed by atoms with van der Waals surface area (Å²) in [6, 6.07) is 6.99. The number of hydrogen-bond donors (Lipinski definition) is 1. The standard InChI is InChI=1S/C14H12BrF3N2/c1-9-6-12(15)13(19-7-9)20-8-10-2-4-11(5-3-10)14(16,17)18/h2-7H,8H2,1H3,(H,19,20). The maximum absolute atomic E-state index is 12.4. The van der Waals surface area contributed by atoms with E-state index in [0.717, 1.165) is 27.7 Å². The van der Waals surface area contributed by atoms with Crippen LogP contribution in [0.2, 0.25) is 0 Å². The first-order chi connectivity index (χ1) is 9.36. The van der Waals surface area contributed by atoms with Gasteiger partial charge in [-0.3, -0.25) is 0 Å². The Morgan fingerprint density at radius 3 is 2.40 bits per heavy atom. The van der Waals surface area contributed by atoms with Crippen molar-refractivity contribution in [2.75, 3.05) is 5.32 Å². The molecule has 20 heavy (non-hydrogen) atoms. The minimum atomic E-state index is -4.30. The number of hydrogen-bond acceptors (Lipinski definition) is 2. The molecule has 2 aromatic rings. The van der Waals surface area contributed by atoms with Crippen molar-refractivity contribution in [3.63, 3.8) is 0 Å². The van der Waals surface area contributed by atoms with Crippen molar-refractivity contribution in [2.45, 2.75) is 19.6 Å². The van der Waals surface area contributed by atoms with Crippen LogP contribution in [0.4, 0.5) is 19.0 Å². The van der Waals surface area contributed by atoms with E-state index in [1.807, 2.05) is 13.0 Å². The summed E-state index contributed by atoms with van der Waals surface area (Å²) >= 11 is 3.38. The number of aromatic nitrogens is 1. The molecule has 1 N–H and O–H groups in total. The predicted molar refractivity (Wildman–Crippen MR) is 75.4 cm³/mol. The second-order valence-corrected chi connectivity index (χ2v) is 5.25. The first kappa shape index (κ1) is 14.8. The van der Waals surface area contributed by atoms with Gasteiger partial charge in [0.2, 0.25) is 0 Å². The van der Waals surface area contributed by atoms with Crippen LogP contribution >= 0.6 is 15.9 Å². The van der Waals surface area contributed by atoms with Gasteiger partial charge in [-0.1, -0.05) is 12.1 Å². The summed E-state index contributed by atoms with van der Waals surface area (Å²) in [5.41, 5.74) is 1.14. The van der Waals surface area contributed by atoms with Gasteiger partial charge in [-0.05, 0) is 52.2 Å². The van der Waals surface area contributed by atoms with Gasteiger partial charge in [0.1, 0.15) is 5.82 Å². The highest BCUT2D eigenvalue weighted by molar-refractivity contribution is 9.10. The lowest BCUT2D eigenvalue weighted by Gasteiger charge is -2.10. The van der Waals surface area contributed by atoms with Crippen LogP contribution in [0.5, 0.6) is 0 Å². The van der Waals surface area contributed by atoms with E-state index in [0.29, 0.717) is 12.4 Å². The average Bonchev–Trinajstić information content (AvgIpc) is 2.37. The van der Waals surface area contributed by atoms with Crippen LogP contribution in [-0.2, 0) is 12.7 Å². The average molecular weight is 345 g/mol. The van der Waals surface area contributed by atoms with Crippen LogP contribution in [0.1, 0.15) is 16.7 Å². The third-order valence-electron chi connectivity index (χ3n) is 2.72. The molecule has 0 saturated heterocycles. The Bertz CT molecular complexity index is 594. The summed E-state index contributed by atoms with van der Waals surface area (Å²) in [5.74, 6) is 0.662. The Morgan fingerprint density at radius 1 is 1.20 bits per heavy atom. The molecule has 1 aromatic heterocycles. The maximum atomic E-state index is 12.4. The zero-order chi connectivity index (χ0) is 14.8. The van der Waals surface area contributed by atoms with E-state index < -0.39 is 11.7 Å². The number of aryl methyl sites for hydroxylation is 1. The fraction of sp³-hybridized carbons (Fsp3) is 0.214. The quantitative estimate of drug-likeness (QED) is 0.866. The van der Waals surface area contributed by atoms with Crippen molar-refractivity contribution in [3.8, 4) is 0 Å². The number of halogens is 4. The lowest BCUT2D eigenvalue weighted by Crippen LogP contribution is -2.06. The number of benzene rings is 1. The van der Waals surface area contributed by atoms with Gasteiger partial charge >= 0.3 is 6.18 Å². The predicted octanol–water partition coefficient (Wildman–Crippen LogP) is 4.78. The van der Waals surface area contributed by atoms with E-state index in [9.17, 15) is 13.2 Å². The maximum Gasteiger partial charge on any atom is 0.416 e. The topological polar surface area (TPSA) is 24.9 Å². The highest BCUT2D eigenvalue weighted by Crippen LogP contribution is 2.29. The Balaban J connectivity index is 2.04. The fourth-order valence-electron chi connectivity index (χ4n) is 1.66. The van der Waals surface area contributed by atoms with Gasteiger partial charge in [0, 0.05) is 12.7 Å². The molecule has 2 nitrogen and oxygen atoms in total. The van der Waals surface area contributed by atoms with Crippen LogP contribution in [0.25, 0.3) is 0 Å². The Labute approximate surface area is 123 Å². The molecule has 1 heterocycles. The number of nitrogens with zero attached hydrogens (tertiary/aromatic N) is 1. The SMILES string of the molecule is Cc1cnc(NCc2ccc(C(F)(F)F)cc2)c(Br)c1. The molecule has 0 saturated carbocycles. The van der Waals surface area contributed by atoms with E-state index in [1.54, 1.807) is 6.20 Å². The van der Waals surface area contributed by atoms with Gasteiger partial charge in [0.15, 0.2) is 0 Å². The fourth-order valence-corrected chi connectivity index (χ4v) is 2.26. The van der Waals surface area contributed by atoms with Gasteiger partial charge in [-0.15, -0.1) is 0 Å². The largest absolute Gasteiger partial charge is 0.416 e. The molecule has 0 spiro atoms. The van der Waals surface area contributed by atoms with E-state index in [1.165, 1.54) is 12.1 Å². The summed E-state index contributed by atoms with van der Waals surface area (Å²) in [4.78, 5) is 4.21. The Hall–Kier alpha value is -1.56. The van der Waals surface area contributed by atoms with E-state index >= 15 is 0 Å². The minimum absolute atomic E-state index is 0.410. The van der Waals surface area contributed by atoms with Crippen molar-refractivity contribution in [1.29, 1.82) is 0 Å². The minimum Gasteiger partial charge on any atom is -0.365 e. The summed E-state index contributed by atoms with van der Waals surface area (Å²) in [6.45, 7) is 2.34. The zero-order valence-electron chi connectivity index (χ0n) is 10.6. The second kappa shape index (κ2) is 5.83. The molecule has 0 aliphatic rings. The molecule has 0 amide bonds. The Morgan fingerprint density at radius 2 is 1.85 bits per heavy atom. The first-order valence-electron chi connectivity index (χ1n) is 5.88. The van der Waals surface area contributed by atoms with Gasteiger partial charge in [0.25, 0.3) is 0 Å². The second-order valence-electron chi connectivity index (χ2n) is 4.39. The van der Waals surface area contributed by atoms with Gasteiger partial charge in [-0.2, -0.15) is 13.2 Å². The molecular weight excluding hydrogens is 333 g/mol. The number of nitrogens with one attached hydrogen (secondary N) is 1. The molecule has 0 radical (unpaired) electrons. The molecular formula is C14H12BrF3N2. The van der Waals surface area contributed by atoms with Crippen LogP contribution in [-0.4, -0.2) is 4.98 Å². The van der Waals surface area contributed by atoms with Gasteiger partial charge in [0.05, 0.1) is 10.0 Å². The van der Waals surface area contributed by atoms with Gasteiger partial charge in [-0.25, -0.2) is 4.98 Å². The summed E-state index contributed by atoms with van der Waals surface area (Å²) in [7, 11) is 0. The zero-order valence-corrected chi connectivity index (χ0v) is 12.2.